The van der Waals surface area contributed by atoms with E-state index in [0.29, 0.717) is 0 Å². The molecule has 1 atom stereocenters. The molecule has 3 saturated heterocycles. The average Bonchev–Trinajstić information content (AvgIpc) is 2.82. The number of nitrogens with one attached hydrogen (secondary N) is 1. The molecule has 0 radical (unpaired) electrons. The topological polar surface area (TPSA) is 64.6 Å². The van der Waals surface area contributed by atoms with Crippen molar-refractivity contribution in [2.75, 3.05) is 62.2 Å². The molecule has 0 bridgehead atoms. The molecule has 0 unspecified atom stereocenters. The van der Waals surface area contributed by atoms with Gasteiger partial charge in [-0.2, -0.15) is 0 Å². The lowest BCUT2D eigenvalue weighted by atomic mass is 9.96. The summed E-state index contributed by atoms with van der Waals surface area (Å²) in [5.74, 6) is 3.12. The van der Waals surface area contributed by atoms with Gasteiger partial charge in [-0.3, -0.25) is 4.79 Å². The molecule has 0 spiro atoms. The zero-order valence-electron chi connectivity index (χ0n) is 19.3. The third-order valence-electron chi connectivity index (χ3n) is 7.20. The Morgan fingerprint density at radius 3 is 2.26 bits per heavy atom. The van der Waals surface area contributed by atoms with Crippen LogP contribution in [0.4, 0.5) is 11.6 Å². The first-order valence-corrected chi connectivity index (χ1v) is 12.5. The fourth-order valence-electron chi connectivity index (χ4n) is 5.30. The third kappa shape index (κ3) is 6.31. The highest BCUT2D eigenvalue weighted by molar-refractivity contribution is 5.78. The third-order valence-corrected chi connectivity index (χ3v) is 7.20. The molecule has 3 fully saturated rings. The van der Waals surface area contributed by atoms with Crippen LogP contribution in [0.2, 0.25) is 0 Å². The van der Waals surface area contributed by atoms with E-state index in [9.17, 15) is 4.79 Å². The van der Waals surface area contributed by atoms with Crippen LogP contribution in [0, 0.1) is 11.8 Å². The monoisotopic (exact) mass is 428 g/mol. The molecule has 7 heteroatoms. The number of carbonyl (C=O) groups is 1. The number of anilines is 2. The highest BCUT2D eigenvalue weighted by atomic mass is 16.1. The predicted octanol–water partition coefficient (Wildman–Crippen LogP) is 2.92. The summed E-state index contributed by atoms with van der Waals surface area (Å²) in [6.07, 6.45) is 9.33. The van der Waals surface area contributed by atoms with Crippen molar-refractivity contribution in [1.82, 2.24) is 20.4 Å². The molecular weight excluding hydrogens is 388 g/mol. The van der Waals surface area contributed by atoms with E-state index in [4.69, 9.17) is 0 Å². The number of aromatic nitrogens is 2. The maximum absolute atomic E-state index is 12.6. The van der Waals surface area contributed by atoms with E-state index >= 15 is 0 Å². The minimum absolute atomic E-state index is 0.131. The maximum atomic E-state index is 12.6. The molecule has 4 heterocycles. The number of amides is 1. The molecule has 0 aromatic carbocycles. The number of hydrogen-bond acceptors (Lipinski definition) is 6. The summed E-state index contributed by atoms with van der Waals surface area (Å²) in [5.41, 5.74) is 0. The smallest absolute Gasteiger partial charge is 0.223 e. The van der Waals surface area contributed by atoms with E-state index < -0.39 is 0 Å². The highest BCUT2D eigenvalue weighted by Gasteiger charge is 2.26. The Labute approximate surface area is 187 Å². The molecule has 1 N–H and O–H groups in total. The van der Waals surface area contributed by atoms with Crippen molar-refractivity contribution in [3.05, 3.63) is 12.1 Å². The van der Waals surface area contributed by atoms with Gasteiger partial charge in [0.2, 0.25) is 5.91 Å². The van der Waals surface area contributed by atoms with Crippen LogP contribution in [0.1, 0.15) is 58.3 Å². The Bertz CT molecular complexity index is 682. The van der Waals surface area contributed by atoms with Gasteiger partial charge in [0.15, 0.2) is 11.6 Å². The summed E-state index contributed by atoms with van der Waals surface area (Å²) in [6.45, 7) is 10.6. The SMILES string of the molecule is C[C@H]1CCCN(CCCNC(=O)C2CCN(c3ccc(N4CCCCC4)nn3)CC2)C1. The van der Waals surface area contributed by atoms with Crippen LogP contribution in [0.3, 0.4) is 0 Å². The Morgan fingerprint density at radius 2 is 1.61 bits per heavy atom. The highest BCUT2D eigenvalue weighted by Crippen LogP contribution is 2.24. The molecule has 1 aromatic heterocycles. The van der Waals surface area contributed by atoms with Crippen molar-refractivity contribution < 1.29 is 4.79 Å². The fraction of sp³-hybridized carbons (Fsp3) is 0.792. The van der Waals surface area contributed by atoms with Crippen LogP contribution in [-0.2, 0) is 4.79 Å². The largest absolute Gasteiger partial charge is 0.356 e. The molecule has 3 aliphatic heterocycles. The lowest BCUT2D eigenvalue weighted by molar-refractivity contribution is -0.125. The summed E-state index contributed by atoms with van der Waals surface area (Å²) in [7, 11) is 0. The first-order chi connectivity index (χ1) is 15.2. The van der Waals surface area contributed by atoms with Crippen molar-refractivity contribution in [2.45, 2.75) is 58.3 Å². The van der Waals surface area contributed by atoms with E-state index in [1.807, 2.05) is 0 Å². The van der Waals surface area contributed by atoms with Gasteiger partial charge in [-0.05, 0) is 82.5 Å². The van der Waals surface area contributed by atoms with E-state index in [0.717, 1.165) is 76.1 Å². The average molecular weight is 429 g/mol. The van der Waals surface area contributed by atoms with Crippen molar-refractivity contribution in [2.24, 2.45) is 11.8 Å². The second-order valence-corrected chi connectivity index (χ2v) is 9.75. The van der Waals surface area contributed by atoms with Gasteiger partial charge < -0.3 is 20.0 Å². The second-order valence-electron chi connectivity index (χ2n) is 9.75. The zero-order valence-corrected chi connectivity index (χ0v) is 19.3. The number of hydrogen-bond donors (Lipinski definition) is 1. The van der Waals surface area contributed by atoms with Gasteiger partial charge in [-0.25, -0.2) is 0 Å². The number of carbonyl (C=O) groups excluding carboxylic acids is 1. The lowest BCUT2D eigenvalue weighted by Crippen LogP contribution is -2.42. The zero-order chi connectivity index (χ0) is 21.5. The van der Waals surface area contributed by atoms with Crippen LogP contribution >= 0.6 is 0 Å². The van der Waals surface area contributed by atoms with Crippen molar-refractivity contribution >= 4 is 17.5 Å². The molecule has 1 aromatic rings. The van der Waals surface area contributed by atoms with Crippen LogP contribution in [0.5, 0.6) is 0 Å². The minimum Gasteiger partial charge on any atom is -0.356 e. The molecule has 31 heavy (non-hydrogen) atoms. The van der Waals surface area contributed by atoms with E-state index in [1.165, 1.54) is 45.2 Å². The quantitative estimate of drug-likeness (QED) is 0.674. The molecule has 172 valence electrons. The molecule has 4 rings (SSSR count). The van der Waals surface area contributed by atoms with Crippen molar-refractivity contribution in [1.29, 1.82) is 0 Å². The second kappa shape index (κ2) is 11.1. The predicted molar refractivity (Wildman–Crippen MR) is 125 cm³/mol. The van der Waals surface area contributed by atoms with Gasteiger partial charge >= 0.3 is 0 Å². The normalized spacial score (nSPS) is 23.7. The van der Waals surface area contributed by atoms with Gasteiger partial charge in [0.25, 0.3) is 0 Å². The number of likely N-dealkylation sites (tertiary alicyclic amines) is 1. The van der Waals surface area contributed by atoms with E-state index in [2.05, 4.69) is 49.3 Å². The van der Waals surface area contributed by atoms with Gasteiger partial charge in [-0.15, -0.1) is 10.2 Å². The molecule has 7 nitrogen and oxygen atoms in total. The summed E-state index contributed by atoms with van der Waals surface area (Å²) >= 11 is 0. The molecule has 0 saturated carbocycles. The van der Waals surface area contributed by atoms with Gasteiger partial charge in [0.1, 0.15) is 0 Å². The first kappa shape index (κ1) is 22.3. The van der Waals surface area contributed by atoms with Crippen LogP contribution in [-0.4, -0.2) is 73.4 Å². The fourth-order valence-corrected chi connectivity index (χ4v) is 5.30. The lowest BCUT2D eigenvalue weighted by Gasteiger charge is -2.32. The number of piperidine rings is 3. The Hall–Kier alpha value is -1.89. The summed E-state index contributed by atoms with van der Waals surface area (Å²) in [5, 5.41) is 12.1. The van der Waals surface area contributed by atoms with Crippen LogP contribution in [0.25, 0.3) is 0 Å². The van der Waals surface area contributed by atoms with Gasteiger partial charge in [0.05, 0.1) is 0 Å². The standard InChI is InChI=1S/C24H40N6O/c1-20-7-5-13-28(19-20)14-6-12-25-24(31)21-10-17-30(18-11-21)23-9-8-22(26-27-23)29-15-3-2-4-16-29/h8-9,20-21H,2-7,10-19H2,1H3,(H,25,31)/t20-/m0/s1. The Morgan fingerprint density at radius 1 is 0.935 bits per heavy atom. The summed E-state index contributed by atoms with van der Waals surface area (Å²) in [6, 6.07) is 4.20. The molecule has 0 aliphatic carbocycles. The van der Waals surface area contributed by atoms with Crippen LogP contribution < -0.4 is 15.1 Å². The van der Waals surface area contributed by atoms with Crippen LogP contribution in [0.15, 0.2) is 12.1 Å². The number of nitrogens with zero attached hydrogens (tertiary/aromatic N) is 5. The number of rotatable bonds is 7. The Kier molecular flexibility index (Phi) is 8.00. The molecule has 3 aliphatic rings. The van der Waals surface area contributed by atoms with Gasteiger partial charge in [-0.1, -0.05) is 6.92 Å². The van der Waals surface area contributed by atoms with Crippen molar-refractivity contribution in [3.8, 4) is 0 Å². The first-order valence-electron chi connectivity index (χ1n) is 12.5. The van der Waals surface area contributed by atoms with Crippen molar-refractivity contribution in [3.63, 3.8) is 0 Å². The minimum atomic E-state index is 0.131. The van der Waals surface area contributed by atoms with E-state index in [1.54, 1.807) is 0 Å². The summed E-state index contributed by atoms with van der Waals surface area (Å²) in [4.78, 5) is 19.7. The summed E-state index contributed by atoms with van der Waals surface area (Å²) < 4.78 is 0. The molecule has 1 amide bonds. The van der Waals surface area contributed by atoms with E-state index in [-0.39, 0.29) is 11.8 Å². The van der Waals surface area contributed by atoms with Gasteiger partial charge in [0, 0.05) is 45.2 Å². The maximum Gasteiger partial charge on any atom is 0.223 e. The molecular formula is C24H40N6O. The Balaban J connectivity index is 1.15.